The van der Waals surface area contributed by atoms with Gasteiger partial charge in [0.05, 0.1) is 25.6 Å². The van der Waals surface area contributed by atoms with E-state index >= 15 is 0 Å². The average Bonchev–Trinajstić information content (AvgIpc) is 3.06. The van der Waals surface area contributed by atoms with Gasteiger partial charge in [0.2, 0.25) is 5.91 Å². The van der Waals surface area contributed by atoms with Crippen molar-refractivity contribution in [1.82, 2.24) is 0 Å². The Morgan fingerprint density at radius 1 is 1.15 bits per heavy atom. The van der Waals surface area contributed by atoms with Gasteiger partial charge in [-0.15, -0.1) is 0 Å². The topological polar surface area (TPSA) is 73.6 Å². The maximum Gasteiger partial charge on any atom is 0.227 e. The number of carbonyl (C=O) groups excluding carboxylic acids is 1. The first-order valence-corrected chi connectivity index (χ1v) is 6.94. The fourth-order valence-corrected chi connectivity index (χ4v) is 3.17. The molecule has 0 radical (unpaired) electrons. The molecule has 3 rings (SSSR count). The highest BCUT2D eigenvalue weighted by molar-refractivity contribution is 5.96. The summed E-state index contributed by atoms with van der Waals surface area (Å²) in [5.41, 5.74) is 7.03. The van der Waals surface area contributed by atoms with Crippen molar-refractivity contribution in [3.8, 4) is 11.5 Å². The van der Waals surface area contributed by atoms with Crippen molar-refractivity contribution in [2.24, 2.45) is 17.8 Å². The summed E-state index contributed by atoms with van der Waals surface area (Å²) in [6, 6.07) is 3.38. The lowest BCUT2D eigenvalue weighted by Crippen LogP contribution is -2.22. The fourth-order valence-electron chi connectivity index (χ4n) is 3.17. The second-order valence-corrected chi connectivity index (χ2v) is 5.71. The van der Waals surface area contributed by atoms with Crippen molar-refractivity contribution in [3.63, 3.8) is 0 Å². The number of ether oxygens (including phenoxy) is 2. The number of hydrogen-bond acceptors (Lipinski definition) is 4. The highest BCUT2D eigenvalue weighted by Crippen LogP contribution is 2.54. The third-order valence-corrected chi connectivity index (χ3v) is 4.43. The number of hydrogen-bond donors (Lipinski definition) is 2. The minimum Gasteiger partial charge on any atom is -0.493 e. The van der Waals surface area contributed by atoms with Gasteiger partial charge >= 0.3 is 0 Å². The second kappa shape index (κ2) is 4.89. The molecule has 2 aliphatic rings. The molecular formula is C15H20N2O3. The molecule has 2 atom stereocenters. The Morgan fingerprint density at radius 2 is 1.75 bits per heavy atom. The monoisotopic (exact) mass is 276 g/mol. The number of amides is 1. The van der Waals surface area contributed by atoms with Crippen LogP contribution in [0.15, 0.2) is 12.1 Å². The molecule has 0 bridgehead atoms. The van der Waals surface area contributed by atoms with Gasteiger partial charge in [0, 0.05) is 18.1 Å². The molecule has 1 amide bonds. The first-order valence-electron chi connectivity index (χ1n) is 6.94. The van der Waals surface area contributed by atoms with Gasteiger partial charge in [-0.3, -0.25) is 4.79 Å². The lowest BCUT2D eigenvalue weighted by Gasteiger charge is -2.16. The van der Waals surface area contributed by atoms with Gasteiger partial charge < -0.3 is 20.5 Å². The maximum atomic E-state index is 12.2. The molecule has 0 aliphatic heterocycles. The quantitative estimate of drug-likeness (QED) is 0.827. The summed E-state index contributed by atoms with van der Waals surface area (Å²) in [5, 5.41) is 2.92. The van der Waals surface area contributed by atoms with Crippen molar-refractivity contribution in [1.29, 1.82) is 0 Å². The summed E-state index contributed by atoms with van der Waals surface area (Å²) in [7, 11) is 3.12. The highest BCUT2D eigenvalue weighted by Gasteiger charge is 2.48. The Hall–Kier alpha value is -1.91. The van der Waals surface area contributed by atoms with E-state index in [1.54, 1.807) is 26.4 Å². The van der Waals surface area contributed by atoms with Crippen LogP contribution in [-0.2, 0) is 4.79 Å². The number of anilines is 2. The molecule has 20 heavy (non-hydrogen) atoms. The lowest BCUT2D eigenvalue weighted by molar-refractivity contribution is -0.120. The van der Waals surface area contributed by atoms with E-state index in [1.165, 1.54) is 6.42 Å². The van der Waals surface area contributed by atoms with E-state index in [4.69, 9.17) is 15.2 Å². The third-order valence-electron chi connectivity index (χ3n) is 4.43. The van der Waals surface area contributed by atoms with Crippen LogP contribution in [0.1, 0.15) is 19.3 Å². The zero-order valence-corrected chi connectivity index (χ0v) is 11.8. The SMILES string of the molecule is COc1cc(N)c(NC(=O)C2CC3CC3C2)cc1OC. The minimum absolute atomic E-state index is 0.0659. The van der Waals surface area contributed by atoms with Gasteiger partial charge in [-0.2, -0.15) is 0 Å². The summed E-state index contributed by atoms with van der Waals surface area (Å²) in [4.78, 5) is 12.2. The summed E-state index contributed by atoms with van der Waals surface area (Å²) >= 11 is 0. The molecule has 1 aromatic carbocycles. The van der Waals surface area contributed by atoms with Gasteiger partial charge in [-0.25, -0.2) is 0 Å². The van der Waals surface area contributed by atoms with Crippen molar-refractivity contribution < 1.29 is 14.3 Å². The smallest absolute Gasteiger partial charge is 0.227 e. The van der Waals surface area contributed by atoms with Crippen LogP contribution in [0, 0.1) is 17.8 Å². The predicted molar refractivity (Wildman–Crippen MR) is 76.9 cm³/mol. The van der Waals surface area contributed by atoms with Crippen molar-refractivity contribution in [3.05, 3.63) is 12.1 Å². The molecular weight excluding hydrogens is 256 g/mol. The molecule has 0 saturated heterocycles. The Labute approximate surface area is 118 Å². The molecule has 2 fully saturated rings. The summed E-state index contributed by atoms with van der Waals surface area (Å²) in [6.07, 6.45) is 3.34. The van der Waals surface area contributed by atoms with Crippen LogP contribution >= 0.6 is 0 Å². The Bertz CT molecular complexity index is 534. The molecule has 108 valence electrons. The molecule has 3 N–H and O–H groups in total. The summed E-state index contributed by atoms with van der Waals surface area (Å²) in [5.74, 6) is 2.89. The van der Waals surface area contributed by atoms with Gasteiger partial charge in [0.25, 0.3) is 0 Å². The summed E-state index contributed by atoms with van der Waals surface area (Å²) in [6.45, 7) is 0. The Balaban J connectivity index is 1.74. The van der Waals surface area contributed by atoms with E-state index in [0.717, 1.165) is 24.7 Å². The molecule has 2 aliphatic carbocycles. The predicted octanol–water partition coefficient (Wildman–Crippen LogP) is 2.27. The second-order valence-electron chi connectivity index (χ2n) is 5.71. The van der Waals surface area contributed by atoms with Crippen LogP contribution in [0.2, 0.25) is 0 Å². The highest BCUT2D eigenvalue weighted by atomic mass is 16.5. The number of nitrogen functional groups attached to an aromatic ring is 1. The standard InChI is InChI=1S/C15H20N2O3/c1-19-13-6-11(16)12(7-14(13)20-2)17-15(18)10-4-8-3-9(8)5-10/h6-10H,3-5,16H2,1-2H3,(H,17,18). The van der Waals surface area contributed by atoms with Crippen LogP contribution in [0.4, 0.5) is 11.4 Å². The van der Waals surface area contributed by atoms with Gasteiger partial charge in [-0.1, -0.05) is 0 Å². The van der Waals surface area contributed by atoms with E-state index in [-0.39, 0.29) is 11.8 Å². The van der Waals surface area contributed by atoms with E-state index in [9.17, 15) is 4.79 Å². The first kappa shape index (κ1) is 13.1. The number of rotatable bonds is 4. The summed E-state index contributed by atoms with van der Waals surface area (Å²) < 4.78 is 10.4. The molecule has 1 aromatic rings. The maximum absolute atomic E-state index is 12.2. The lowest BCUT2D eigenvalue weighted by atomic mass is 10.0. The van der Waals surface area contributed by atoms with Crippen LogP contribution in [0.5, 0.6) is 11.5 Å². The van der Waals surface area contributed by atoms with E-state index < -0.39 is 0 Å². The molecule has 5 nitrogen and oxygen atoms in total. The minimum atomic E-state index is 0.0659. The van der Waals surface area contributed by atoms with Crippen LogP contribution in [0.25, 0.3) is 0 Å². The molecule has 2 unspecified atom stereocenters. The largest absolute Gasteiger partial charge is 0.493 e. The van der Waals surface area contributed by atoms with Crippen molar-refractivity contribution in [2.75, 3.05) is 25.3 Å². The molecule has 5 heteroatoms. The van der Waals surface area contributed by atoms with E-state index in [1.807, 2.05) is 0 Å². The van der Waals surface area contributed by atoms with Crippen LogP contribution in [-0.4, -0.2) is 20.1 Å². The molecule has 0 aromatic heterocycles. The number of nitrogens with one attached hydrogen (secondary N) is 1. The number of benzene rings is 1. The normalized spacial score (nSPS) is 26.8. The Kier molecular flexibility index (Phi) is 3.20. The molecule has 2 saturated carbocycles. The van der Waals surface area contributed by atoms with Crippen LogP contribution in [0.3, 0.4) is 0 Å². The van der Waals surface area contributed by atoms with Gasteiger partial charge in [0.15, 0.2) is 11.5 Å². The zero-order chi connectivity index (χ0) is 14.3. The number of nitrogens with two attached hydrogens (primary N) is 1. The number of fused-ring (bicyclic) bond motifs is 1. The molecule has 0 heterocycles. The Morgan fingerprint density at radius 3 is 2.35 bits per heavy atom. The van der Waals surface area contributed by atoms with Crippen molar-refractivity contribution >= 4 is 17.3 Å². The van der Waals surface area contributed by atoms with Gasteiger partial charge in [0.1, 0.15) is 0 Å². The first-order chi connectivity index (χ1) is 9.62. The van der Waals surface area contributed by atoms with Gasteiger partial charge in [-0.05, 0) is 31.1 Å². The number of methoxy groups -OCH3 is 2. The van der Waals surface area contributed by atoms with Crippen molar-refractivity contribution in [2.45, 2.75) is 19.3 Å². The van der Waals surface area contributed by atoms with Crippen LogP contribution < -0.4 is 20.5 Å². The molecule has 0 spiro atoms. The van der Waals surface area contributed by atoms with E-state index in [0.29, 0.717) is 22.9 Å². The van der Waals surface area contributed by atoms with E-state index in [2.05, 4.69) is 5.32 Å². The zero-order valence-electron chi connectivity index (χ0n) is 11.8. The third kappa shape index (κ3) is 2.28. The number of carbonyl (C=O) groups is 1. The average molecular weight is 276 g/mol. The fraction of sp³-hybridized carbons (Fsp3) is 0.533.